The van der Waals surface area contributed by atoms with Crippen LogP contribution in [0.1, 0.15) is 30.9 Å². The van der Waals surface area contributed by atoms with Crippen molar-refractivity contribution in [3.05, 3.63) is 35.4 Å². The highest BCUT2D eigenvalue weighted by atomic mass is 19.4. The van der Waals surface area contributed by atoms with Gasteiger partial charge in [-0.25, -0.2) is 18.6 Å². The SMILES string of the molecule is O=C(C1C[C@H]2CNC[C@H]2C1)N1N=CCC1c1cc(F)cc(F)c1.O=C(O)C(F)(F)F. The maximum Gasteiger partial charge on any atom is 0.490 e. The summed E-state index contributed by atoms with van der Waals surface area (Å²) in [4.78, 5) is 21.7. The zero-order chi connectivity index (χ0) is 22.1. The second-order valence-electron chi connectivity index (χ2n) is 7.58. The smallest absolute Gasteiger partial charge is 0.475 e. The molecule has 6 nitrogen and oxygen atoms in total. The maximum absolute atomic E-state index is 13.5. The number of halogens is 5. The molecule has 2 unspecified atom stereocenters. The Morgan fingerprint density at radius 3 is 2.10 bits per heavy atom. The van der Waals surface area contributed by atoms with Crippen molar-refractivity contribution in [2.24, 2.45) is 22.9 Å². The largest absolute Gasteiger partial charge is 0.490 e. The van der Waals surface area contributed by atoms with E-state index in [1.165, 1.54) is 17.1 Å². The number of alkyl halides is 3. The lowest BCUT2D eigenvalue weighted by Crippen LogP contribution is -2.33. The summed E-state index contributed by atoms with van der Waals surface area (Å²) < 4.78 is 58.7. The minimum Gasteiger partial charge on any atom is -0.475 e. The lowest BCUT2D eigenvalue weighted by atomic mass is 10.0. The number of carbonyl (C=O) groups excluding carboxylic acids is 1. The average molecular weight is 433 g/mol. The molecule has 0 spiro atoms. The number of carboxylic acid groups (broad SMARTS) is 1. The van der Waals surface area contributed by atoms with Gasteiger partial charge in [0.15, 0.2) is 0 Å². The van der Waals surface area contributed by atoms with Crippen LogP contribution in [0, 0.1) is 29.4 Å². The summed E-state index contributed by atoms with van der Waals surface area (Å²) in [6, 6.07) is 3.02. The summed E-state index contributed by atoms with van der Waals surface area (Å²) in [5.74, 6) is -2.90. The van der Waals surface area contributed by atoms with E-state index < -0.39 is 29.8 Å². The van der Waals surface area contributed by atoms with Crippen LogP contribution in [0.25, 0.3) is 0 Å². The van der Waals surface area contributed by atoms with E-state index in [1.807, 2.05) is 0 Å². The van der Waals surface area contributed by atoms with E-state index >= 15 is 0 Å². The Hall–Kier alpha value is -2.56. The fourth-order valence-electron chi connectivity index (χ4n) is 4.23. The predicted octanol–water partition coefficient (Wildman–Crippen LogP) is 3.10. The van der Waals surface area contributed by atoms with Crippen LogP contribution in [0.3, 0.4) is 0 Å². The van der Waals surface area contributed by atoms with E-state index in [9.17, 15) is 26.7 Å². The van der Waals surface area contributed by atoms with Gasteiger partial charge in [0.05, 0.1) is 6.04 Å². The molecule has 1 aliphatic carbocycles. The molecule has 2 N–H and O–H groups in total. The van der Waals surface area contributed by atoms with E-state index in [-0.39, 0.29) is 11.8 Å². The third kappa shape index (κ3) is 4.94. The normalized spacial score (nSPS) is 27.6. The van der Waals surface area contributed by atoms with Gasteiger partial charge in [-0.2, -0.15) is 18.3 Å². The van der Waals surface area contributed by atoms with Crippen LogP contribution < -0.4 is 5.32 Å². The zero-order valence-corrected chi connectivity index (χ0v) is 15.7. The number of aliphatic carboxylic acids is 1. The standard InChI is InChI=1S/C17H19F2N3O.C2HF3O2/c18-14-5-10(6-15(19)7-14)16-1-2-21-22(16)17(23)11-3-12-8-20-9-13(12)4-11;3-2(4,5)1(6)7/h2,5-7,11-13,16,20H,1,3-4,8-9H2;(H,6,7)/t11?,12-,13+,16?;. The van der Waals surface area contributed by atoms with Gasteiger partial charge in [-0.15, -0.1) is 0 Å². The van der Waals surface area contributed by atoms with E-state index in [0.29, 0.717) is 23.8 Å². The van der Waals surface area contributed by atoms with Gasteiger partial charge < -0.3 is 10.4 Å². The number of hydrogen-bond donors (Lipinski definition) is 2. The van der Waals surface area contributed by atoms with Gasteiger partial charge in [0.2, 0.25) is 5.91 Å². The number of rotatable bonds is 2. The highest BCUT2D eigenvalue weighted by Gasteiger charge is 2.43. The van der Waals surface area contributed by atoms with Crippen LogP contribution >= 0.6 is 0 Å². The van der Waals surface area contributed by atoms with Gasteiger partial charge in [-0.3, -0.25) is 4.79 Å². The first-order valence-corrected chi connectivity index (χ1v) is 9.38. The van der Waals surface area contributed by atoms with Crippen molar-refractivity contribution in [1.82, 2.24) is 10.3 Å². The molecule has 1 amide bonds. The quantitative estimate of drug-likeness (QED) is 0.703. The molecule has 1 aromatic carbocycles. The molecular formula is C19H20F5N3O3. The molecule has 4 rings (SSSR count). The molecule has 2 aliphatic heterocycles. The number of hydrazone groups is 1. The average Bonchev–Trinajstić information content (AvgIpc) is 3.35. The van der Waals surface area contributed by atoms with Crippen molar-refractivity contribution < 1.29 is 36.6 Å². The predicted molar refractivity (Wildman–Crippen MR) is 95.3 cm³/mol. The summed E-state index contributed by atoms with van der Waals surface area (Å²) in [6.07, 6.45) is -1.17. The summed E-state index contributed by atoms with van der Waals surface area (Å²) >= 11 is 0. The van der Waals surface area contributed by atoms with Gasteiger partial charge in [-0.1, -0.05) is 0 Å². The molecule has 0 bridgehead atoms. The first-order chi connectivity index (χ1) is 14.1. The molecule has 11 heteroatoms. The van der Waals surface area contributed by atoms with Gasteiger partial charge in [0.1, 0.15) is 11.6 Å². The summed E-state index contributed by atoms with van der Waals surface area (Å²) in [5, 5.41) is 16.1. The highest BCUT2D eigenvalue weighted by molar-refractivity contribution is 5.82. The van der Waals surface area contributed by atoms with Gasteiger partial charge in [0.25, 0.3) is 0 Å². The van der Waals surface area contributed by atoms with Gasteiger partial charge >= 0.3 is 12.1 Å². The molecule has 164 valence electrons. The summed E-state index contributed by atoms with van der Waals surface area (Å²) in [5.41, 5.74) is 0.466. The van der Waals surface area contributed by atoms with Gasteiger partial charge in [-0.05, 0) is 55.5 Å². The Balaban J connectivity index is 0.000000318. The highest BCUT2D eigenvalue weighted by Crippen LogP contribution is 2.41. The number of nitrogens with one attached hydrogen (secondary N) is 1. The molecule has 1 saturated carbocycles. The Morgan fingerprint density at radius 1 is 1.07 bits per heavy atom. The molecule has 1 saturated heterocycles. The molecule has 0 radical (unpaired) electrons. The van der Waals surface area contributed by atoms with Crippen LogP contribution in [-0.4, -0.2) is 47.5 Å². The fraction of sp³-hybridized carbons (Fsp3) is 0.526. The van der Waals surface area contributed by atoms with E-state index in [0.717, 1.165) is 32.0 Å². The number of hydrogen-bond acceptors (Lipinski definition) is 4. The zero-order valence-electron chi connectivity index (χ0n) is 15.7. The number of nitrogens with zero attached hydrogens (tertiary/aromatic N) is 2. The Labute approximate surface area is 168 Å². The third-order valence-corrected chi connectivity index (χ3v) is 5.57. The molecule has 0 aromatic heterocycles. The van der Waals surface area contributed by atoms with Crippen LogP contribution in [0.15, 0.2) is 23.3 Å². The number of carboxylic acids is 1. The van der Waals surface area contributed by atoms with Crippen molar-refractivity contribution in [3.8, 4) is 0 Å². The second kappa shape index (κ2) is 8.66. The Morgan fingerprint density at radius 2 is 1.60 bits per heavy atom. The van der Waals surface area contributed by atoms with Crippen LogP contribution in [0.4, 0.5) is 22.0 Å². The molecular weight excluding hydrogens is 413 g/mol. The second-order valence-corrected chi connectivity index (χ2v) is 7.58. The Kier molecular flexibility index (Phi) is 6.39. The van der Waals surface area contributed by atoms with Crippen LogP contribution in [0.2, 0.25) is 0 Å². The topological polar surface area (TPSA) is 82.0 Å². The third-order valence-electron chi connectivity index (χ3n) is 5.57. The molecule has 3 aliphatic rings. The molecule has 4 atom stereocenters. The van der Waals surface area contributed by atoms with Crippen molar-refractivity contribution in [1.29, 1.82) is 0 Å². The number of benzene rings is 1. The van der Waals surface area contributed by atoms with E-state index in [4.69, 9.17) is 9.90 Å². The first kappa shape index (κ1) is 22.1. The number of amides is 1. The summed E-state index contributed by atoms with van der Waals surface area (Å²) in [6.45, 7) is 1.96. The van der Waals surface area contributed by atoms with Crippen LogP contribution in [0.5, 0.6) is 0 Å². The first-order valence-electron chi connectivity index (χ1n) is 9.38. The minimum absolute atomic E-state index is 0.0113. The van der Waals surface area contributed by atoms with Crippen LogP contribution in [-0.2, 0) is 9.59 Å². The van der Waals surface area contributed by atoms with Crippen molar-refractivity contribution in [2.45, 2.75) is 31.5 Å². The van der Waals surface area contributed by atoms with Crippen molar-refractivity contribution in [3.63, 3.8) is 0 Å². The monoisotopic (exact) mass is 433 g/mol. The molecule has 1 aromatic rings. The van der Waals surface area contributed by atoms with Gasteiger partial charge in [0, 0.05) is 24.6 Å². The molecule has 2 heterocycles. The summed E-state index contributed by atoms with van der Waals surface area (Å²) in [7, 11) is 0. The number of carbonyl (C=O) groups is 2. The molecule has 30 heavy (non-hydrogen) atoms. The van der Waals surface area contributed by atoms with Crippen molar-refractivity contribution in [2.75, 3.05) is 13.1 Å². The fourth-order valence-corrected chi connectivity index (χ4v) is 4.23. The molecule has 2 fully saturated rings. The van der Waals surface area contributed by atoms with E-state index in [2.05, 4.69) is 10.4 Å². The lowest BCUT2D eigenvalue weighted by Gasteiger charge is -2.25. The Bertz CT molecular complexity index is 813. The maximum atomic E-state index is 13.5. The van der Waals surface area contributed by atoms with E-state index in [1.54, 1.807) is 6.21 Å². The lowest BCUT2D eigenvalue weighted by molar-refractivity contribution is -0.192. The minimum atomic E-state index is -5.08. The number of fused-ring (bicyclic) bond motifs is 1. The van der Waals surface area contributed by atoms with Crippen molar-refractivity contribution >= 4 is 18.1 Å².